The first-order chi connectivity index (χ1) is 8.63. The number of likely N-dealkylation sites (N-methyl/N-ethyl adjacent to an activating group) is 1. The largest absolute Gasteiger partial charge is 0.492 e. The van der Waals surface area contributed by atoms with E-state index in [2.05, 4.69) is 41.1 Å². The van der Waals surface area contributed by atoms with Crippen LogP contribution >= 0.6 is 27.7 Å². The SMILES string of the molecule is CSCCC(C)N(C)CCOc1ccc(Br)cc1. The van der Waals surface area contributed by atoms with Gasteiger partial charge in [-0.1, -0.05) is 15.9 Å². The number of thioether (sulfide) groups is 1. The van der Waals surface area contributed by atoms with Crippen molar-refractivity contribution in [1.29, 1.82) is 0 Å². The van der Waals surface area contributed by atoms with E-state index >= 15 is 0 Å². The molecule has 1 atom stereocenters. The van der Waals surface area contributed by atoms with Crippen LogP contribution < -0.4 is 4.74 Å². The van der Waals surface area contributed by atoms with E-state index in [1.807, 2.05) is 36.0 Å². The van der Waals surface area contributed by atoms with E-state index in [0.29, 0.717) is 6.04 Å². The van der Waals surface area contributed by atoms with E-state index in [1.165, 1.54) is 12.2 Å². The Hall–Kier alpha value is -0.190. The molecule has 1 rings (SSSR count). The standard InChI is InChI=1S/C14H22BrNOS/c1-12(8-11-18-3)16(2)9-10-17-14-6-4-13(15)5-7-14/h4-7,12H,8-11H2,1-3H3. The van der Waals surface area contributed by atoms with Gasteiger partial charge < -0.3 is 9.64 Å². The van der Waals surface area contributed by atoms with Crippen LogP contribution in [0.1, 0.15) is 13.3 Å². The lowest BCUT2D eigenvalue weighted by molar-refractivity contribution is 0.197. The Morgan fingerprint density at radius 2 is 2.00 bits per heavy atom. The summed E-state index contributed by atoms with van der Waals surface area (Å²) < 4.78 is 6.80. The predicted molar refractivity (Wildman–Crippen MR) is 84.7 cm³/mol. The third-order valence-electron chi connectivity index (χ3n) is 3.02. The van der Waals surface area contributed by atoms with Gasteiger partial charge in [-0.15, -0.1) is 0 Å². The summed E-state index contributed by atoms with van der Waals surface area (Å²) in [5.74, 6) is 2.15. The van der Waals surface area contributed by atoms with Crippen LogP contribution in [0.3, 0.4) is 0 Å². The molecule has 102 valence electrons. The van der Waals surface area contributed by atoms with Crippen molar-refractivity contribution in [2.45, 2.75) is 19.4 Å². The molecule has 0 aliphatic heterocycles. The molecular weight excluding hydrogens is 310 g/mol. The second kappa shape index (κ2) is 8.83. The Morgan fingerprint density at radius 1 is 1.33 bits per heavy atom. The zero-order valence-corrected chi connectivity index (χ0v) is 13.8. The van der Waals surface area contributed by atoms with Crippen LogP contribution in [0, 0.1) is 0 Å². The summed E-state index contributed by atoms with van der Waals surface area (Å²) in [5, 5.41) is 0. The molecule has 0 spiro atoms. The van der Waals surface area contributed by atoms with Crippen LogP contribution in [0.5, 0.6) is 5.75 Å². The van der Waals surface area contributed by atoms with E-state index in [0.717, 1.165) is 23.4 Å². The minimum absolute atomic E-state index is 0.617. The molecule has 0 aliphatic rings. The van der Waals surface area contributed by atoms with Crippen molar-refractivity contribution in [3.63, 3.8) is 0 Å². The Morgan fingerprint density at radius 3 is 2.61 bits per heavy atom. The minimum Gasteiger partial charge on any atom is -0.492 e. The van der Waals surface area contributed by atoms with Crippen LogP contribution in [0.25, 0.3) is 0 Å². The second-order valence-electron chi connectivity index (χ2n) is 4.41. The number of ether oxygens (including phenoxy) is 1. The average molecular weight is 332 g/mol. The highest BCUT2D eigenvalue weighted by molar-refractivity contribution is 9.10. The lowest BCUT2D eigenvalue weighted by Crippen LogP contribution is -2.33. The number of hydrogen-bond acceptors (Lipinski definition) is 3. The fourth-order valence-electron chi connectivity index (χ4n) is 1.57. The van der Waals surface area contributed by atoms with Gasteiger partial charge in [0.25, 0.3) is 0 Å². The van der Waals surface area contributed by atoms with Gasteiger partial charge in [-0.2, -0.15) is 11.8 Å². The number of halogens is 1. The number of benzene rings is 1. The minimum atomic E-state index is 0.617. The smallest absolute Gasteiger partial charge is 0.119 e. The number of rotatable bonds is 8. The van der Waals surface area contributed by atoms with Gasteiger partial charge in [-0.05, 0) is 56.7 Å². The first kappa shape index (κ1) is 15.9. The van der Waals surface area contributed by atoms with Crippen molar-refractivity contribution in [3.8, 4) is 5.75 Å². The Kier molecular flexibility index (Phi) is 7.79. The summed E-state index contributed by atoms with van der Waals surface area (Å²) in [6.45, 7) is 3.98. The molecule has 1 aromatic carbocycles. The second-order valence-corrected chi connectivity index (χ2v) is 6.31. The molecule has 0 aliphatic carbocycles. The van der Waals surface area contributed by atoms with E-state index < -0.39 is 0 Å². The third kappa shape index (κ3) is 6.12. The Balaban J connectivity index is 2.22. The van der Waals surface area contributed by atoms with Crippen LogP contribution in [-0.2, 0) is 0 Å². The maximum Gasteiger partial charge on any atom is 0.119 e. The fourth-order valence-corrected chi connectivity index (χ4v) is 2.41. The molecular formula is C14H22BrNOS. The molecule has 0 N–H and O–H groups in total. The molecule has 1 aromatic rings. The van der Waals surface area contributed by atoms with Crippen molar-refractivity contribution in [2.24, 2.45) is 0 Å². The quantitative estimate of drug-likeness (QED) is 0.716. The van der Waals surface area contributed by atoms with Gasteiger partial charge in [-0.25, -0.2) is 0 Å². The maximum absolute atomic E-state index is 5.72. The maximum atomic E-state index is 5.72. The molecule has 0 bridgehead atoms. The molecule has 0 amide bonds. The van der Waals surface area contributed by atoms with Gasteiger partial charge in [0.05, 0.1) is 0 Å². The van der Waals surface area contributed by atoms with Crippen molar-refractivity contribution in [1.82, 2.24) is 4.90 Å². The molecule has 1 unspecified atom stereocenters. The molecule has 18 heavy (non-hydrogen) atoms. The normalized spacial score (nSPS) is 12.7. The molecule has 0 fully saturated rings. The monoisotopic (exact) mass is 331 g/mol. The Labute approximate surface area is 123 Å². The van der Waals surface area contributed by atoms with Crippen LogP contribution in [0.15, 0.2) is 28.7 Å². The van der Waals surface area contributed by atoms with Gasteiger partial charge in [0, 0.05) is 17.1 Å². The highest BCUT2D eigenvalue weighted by atomic mass is 79.9. The first-order valence-corrected chi connectivity index (χ1v) is 8.39. The fraction of sp³-hybridized carbons (Fsp3) is 0.571. The van der Waals surface area contributed by atoms with Gasteiger partial charge >= 0.3 is 0 Å². The lowest BCUT2D eigenvalue weighted by Gasteiger charge is -2.24. The molecule has 0 aromatic heterocycles. The van der Waals surface area contributed by atoms with E-state index in [4.69, 9.17) is 4.74 Å². The Bertz CT molecular complexity index is 331. The van der Waals surface area contributed by atoms with Gasteiger partial charge in [0.2, 0.25) is 0 Å². The number of hydrogen-bond donors (Lipinski definition) is 0. The lowest BCUT2D eigenvalue weighted by atomic mass is 10.2. The van der Waals surface area contributed by atoms with Gasteiger partial charge in [0.1, 0.15) is 12.4 Å². The average Bonchev–Trinajstić information content (AvgIpc) is 2.38. The molecule has 0 radical (unpaired) electrons. The summed E-state index contributed by atoms with van der Waals surface area (Å²) in [6, 6.07) is 8.59. The van der Waals surface area contributed by atoms with E-state index in [9.17, 15) is 0 Å². The molecule has 0 saturated heterocycles. The summed E-state index contributed by atoms with van der Waals surface area (Å²) >= 11 is 5.32. The molecule has 0 heterocycles. The first-order valence-electron chi connectivity index (χ1n) is 6.21. The zero-order chi connectivity index (χ0) is 13.4. The van der Waals surface area contributed by atoms with Crippen molar-refractivity contribution in [3.05, 3.63) is 28.7 Å². The molecule has 4 heteroatoms. The van der Waals surface area contributed by atoms with Crippen LogP contribution in [-0.4, -0.2) is 43.1 Å². The highest BCUT2D eigenvalue weighted by Gasteiger charge is 2.08. The summed E-state index contributed by atoms with van der Waals surface area (Å²) in [5.41, 5.74) is 0. The van der Waals surface area contributed by atoms with E-state index in [-0.39, 0.29) is 0 Å². The van der Waals surface area contributed by atoms with Gasteiger partial charge in [0.15, 0.2) is 0 Å². The summed E-state index contributed by atoms with van der Waals surface area (Å²) in [6.07, 6.45) is 3.39. The van der Waals surface area contributed by atoms with Crippen LogP contribution in [0.2, 0.25) is 0 Å². The van der Waals surface area contributed by atoms with Gasteiger partial charge in [-0.3, -0.25) is 0 Å². The topological polar surface area (TPSA) is 12.5 Å². The predicted octanol–water partition coefficient (Wildman–Crippen LogP) is 3.90. The molecule has 2 nitrogen and oxygen atoms in total. The van der Waals surface area contributed by atoms with Crippen molar-refractivity contribution < 1.29 is 4.74 Å². The van der Waals surface area contributed by atoms with Crippen molar-refractivity contribution >= 4 is 27.7 Å². The number of nitrogens with zero attached hydrogens (tertiary/aromatic N) is 1. The van der Waals surface area contributed by atoms with E-state index in [1.54, 1.807) is 0 Å². The highest BCUT2D eigenvalue weighted by Crippen LogP contribution is 2.16. The summed E-state index contributed by atoms with van der Waals surface area (Å²) in [7, 11) is 2.16. The van der Waals surface area contributed by atoms with Crippen LogP contribution in [0.4, 0.5) is 0 Å². The third-order valence-corrected chi connectivity index (χ3v) is 4.19. The summed E-state index contributed by atoms with van der Waals surface area (Å²) in [4.78, 5) is 2.36. The zero-order valence-electron chi connectivity index (χ0n) is 11.4. The molecule has 0 saturated carbocycles. The van der Waals surface area contributed by atoms with Crippen molar-refractivity contribution in [2.75, 3.05) is 32.2 Å².